The minimum atomic E-state index is -3.79. The van der Waals surface area contributed by atoms with Gasteiger partial charge in [-0.1, -0.05) is 18.5 Å². The monoisotopic (exact) mass is 325 g/mol. The molecule has 106 valence electrons. The minimum absolute atomic E-state index is 0.0196. The van der Waals surface area contributed by atoms with E-state index in [0.717, 1.165) is 12.1 Å². The van der Waals surface area contributed by atoms with Crippen LogP contribution in [0.5, 0.6) is 0 Å². The first-order valence-electron chi connectivity index (χ1n) is 5.91. The van der Waals surface area contributed by atoms with Crippen LogP contribution in [0.3, 0.4) is 0 Å². The molecular weight excluding hydrogens is 312 g/mol. The Balaban J connectivity index is 2.35. The quantitative estimate of drug-likeness (QED) is 0.783. The first-order valence-corrected chi connectivity index (χ1v) is 8.17. The van der Waals surface area contributed by atoms with E-state index in [0.29, 0.717) is 13.0 Å². The van der Waals surface area contributed by atoms with Crippen molar-refractivity contribution in [2.24, 2.45) is 5.92 Å². The van der Waals surface area contributed by atoms with Crippen LogP contribution in [0.25, 0.3) is 0 Å². The fraction of sp³-hybridized carbons (Fsp3) is 0.500. The van der Waals surface area contributed by atoms with Crippen molar-refractivity contribution in [3.8, 4) is 0 Å². The third-order valence-electron chi connectivity index (χ3n) is 3.34. The Bertz CT molecular complexity index is 579. The number of alkyl halides is 1. The average Bonchev–Trinajstić information content (AvgIpc) is 2.35. The molecule has 0 aliphatic carbocycles. The van der Waals surface area contributed by atoms with Gasteiger partial charge in [0.1, 0.15) is 10.7 Å². The second-order valence-electron chi connectivity index (χ2n) is 4.72. The Hall–Kier alpha value is -0.360. The van der Waals surface area contributed by atoms with Gasteiger partial charge in [0.15, 0.2) is 0 Å². The van der Waals surface area contributed by atoms with E-state index in [4.69, 9.17) is 23.2 Å². The lowest BCUT2D eigenvalue weighted by molar-refractivity contribution is 0.293. The van der Waals surface area contributed by atoms with E-state index < -0.39 is 15.8 Å². The fourth-order valence-electron chi connectivity index (χ4n) is 2.03. The van der Waals surface area contributed by atoms with Crippen LogP contribution in [0.4, 0.5) is 4.39 Å². The highest BCUT2D eigenvalue weighted by molar-refractivity contribution is 7.89. The van der Waals surface area contributed by atoms with E-state index in [1.165, 1.54) is 10.4 Å². The van der Waals surface area contributed by atoms with Crippen molar-refractivity contribution in [1.29, 1.82) is 0 Å². The molecule has 19 heavy (non-hydrogen) atoms. The van der Waals surface area contributed by atoms with Crippen LogP contribution >= 0.6 is 23.2 Å². The molecule has 7 heteroatoms. The third kappa shape index (κ3) is 3.05. The molecule has 0 radical (unpaired) electrons. The van der Waals surface area contributed by atoms with Crippen LogP contribution in [0.2, 0.25) is 5.02 Å². The maximum absolute atomic E-state index is 13.2. The van der Waals surface area contributed by atoms with Gasteiger partial charge >= 0.3 is 0 Å². The molecule has 1 aliphatic heterocycles. The Kier molecular flexibility index (Phi) is 4.40. The first-order chi connectivity index (χ1) is 8.82. The van der Waals surface area contributed by atoms with Gasteiger partial charge in [0, 0.05) is 18.5 Å². The van der Waals surface area contributed by atoms with Gasteiger partial charge in [0.25, 0.3) is 0 Å². The van der Waals surface area contributed by atoms with E-state index in [-0.39, 0.29) is 27.8 Å². The normalized spacial score (nSPS) is 25.5. The van der Waals surface area contributed by atoms with Crippen molar-refractivity contribution in [1.82, 2.24) is 4.31 Å². The maximum atomic E-state index is 13.2. The summed E-state index contributed by atoms with van der Waals surface area (Å²) in [5.74, 6) is -0.369. The Labute approximate surface area is 122 Å². The second kappa shape index (κ2) is 5.56. The average molecular weight is 326 g/mol. The van der Waals surface area contributed by atoms with Crippen molar-refractivity contribution in [2.45, 2.75) is 23.6 Å². The van der Waals surface area contributed by atoms with Gasteiger partial charge in [-0.3, -0.25) is 0 Å². The second-order valence-corrected chi connectivity index (χ2v) is 7.59. The third-order valence-corrected chi connectivity index (χ3v) is 6.26. The minimum Gasteiger partial charge on any atom is -0.207 e. The molecule has 1 saturated heterocycles. The summed E-state index contributed by atoms with van der Waals surface area (Å²) < 4.78 is 39.3. The number of hydrogen-bond acceptors (Lipinski definition) is 2. The predicted octanol–water partition coefficient (Wildman–Crippen LogP) is 3.12. The van der Waals surface area contributed by atoms with Gasteiger partial charge < -0.3 is 0 Å². The molecular formula is C12H14Cl2FNO2S. The van der Waals surface area contributed by atoms with E-state index in [2.05, 4.69) is 0 Å². The molecule has 2 unspecified atom stereocenters. The molecule has 1 aromatic carbocycles. The van der Waals surface area contributed by atoms with Gasteiger partial charge in [-0.05, 0) is 30.5 Å². The number of sulfonamides is 1. The Morgan fingerprint density at radius 3 is 2.74 bits per heavy atom. The zero-order chi connectivity index (χ0) is 14.2. The molecule has 0 bridgehead atoms. The number of hydrogen-bond donors (Lipinski definition) is 0. The summed E-state index contributed by atoms with van der Waals surface area (Å²) in [6, 6.07) is 3.32. The summed E-state index contributed by atoms with van der Waals surface area (Å²) in [5, 5.41) is -0.220. The first kappa shape index (κ1) is 15.0. The van der Waals surface area contributed by atoms with Crippen LogP contribution in [-0.4, -0.2) is 31.2 Å². The molecule has 2 rings (SSSR count). The predicted molar refractivity (Wildman–Crippen MR) is 73.6 cm³/mol. The van der Waals surface area contributed by atoms with Crippen molar-refractivity contribution in [3.63, 3.8) is 0 Å². The number of halogens is 3. The Morgan fingerprint density at radius 1 is 1.42 bits per heavy atom. The van der Waals surface area contributed by atoms with Gasteiger partial charge in [0.2, 0.25) is 10.0 Å². The SMILES string of the molecule is CC1CCN(S(=O)(=O)c2cc(F)ccc2Cl)CC1Cl. The molecule has 3 nitrogen and oxygen atoms in total. The summed E-state index contributed by atoms with van der Waals surface area (Å²) in [6.45, 7) is 2.58. The number of rotatable bonds is 2. The van der Waals surface area contributed by atoms with Crippen LogP contribution in [0, 0.1) is 11.7 Å². The molecule has 0 aromatic heterocycles. The van der Waals surface area contributed by atoms with Gasteiger partial charge in [-0.2, -0.15) is 4.31 Å². The van der Waals surface area contributed by atoms with E-state index in [9.17, 15) is 12.8 Å². The smallest absolute Gasteiger partial charge is 0.207 e. The van der Waals surface area contributed by atoms with E-state index in [1.807, 2.05) is 6.92 Å². The summed E-state index contributed by atoms with van der Waals surface area (Å²) >= 11 is 12.0. The van der Waals surface area contributed by atoms with E-state index in [1.54, 1.807) is 0 Å². The van der Waals surface area contributed by atoms with Crippen molar-refractivity contribution in [2.75, 3.05) is 13.1 Å². The highest BCUT2D eigenvalue weighted by Gasteiger charge is 2.34. The highest BCUT2D eigenvalue weighted by atomic mass is 35.5. The number of piperidine rings is 1. The highest BCUT2D eigenvalue weighted by Crippen LogP contribution is 2.30. The zero-order valence-electron chi connectivity index (χ0n) is 10.3. The summed E-state index contributed by atoms with van der Waals surface area (Å²) in [5.41, 5.74) is 0. The molecule has 0 N–H and O–H groups in total. The molecule has 0 saturated carbocycles. The molecule has 1 fully saturated rings. The number of benzene rings is 1. The van der Waals surface area contributed by atoms with Crippen LogP contribution in [0.15, 0.2) is 23.1 Å². The standard InChI is InChI=1S/C12H14Cl2FNO2S/c1-8-4-5-16(7-11(8)14)19(17,18)12-6-9(15)2-3-10(12)13/h2-3,6,8,11H,4-5,7H2,1H3. The largest absolute Gasteiger partial charge is 0.244 e. The molecule has 1 aliphatic rings. The number of nitrogens with zero attached hydrogens (tertiary/aromatic N) is 1. The van der Waals surface area contributed by atoms with Crippen molar-refractivity contribution < 1.29 is 12.8 Å². The van der Waals surface area contributed by atoms with Crippen molar-refractivity contribution >= 4 is 33.2 Å². The van der Waals surface area contributed by atoms with Crippen LogP contribution in [-0.2, 0) is 10.0 Å². The molecule has 0 spiro atoms. The van der Waals surface area contributed by atoms with Gasteiger partial charge in [-0.25, -0.2) is 12.8 Å². The fourth-order valence-corrected chi connectivity index (χ4v) is 4.37. The molecule has 1 aromatic rings. The lowest BCUT2D eigenvalue weighted by Crippen LogP contribution is -2.43. The molecule has 2 atom stereocenters. The zero-order valence-corrected chi connectivity index (χ0v) is 12.6. The van der Waals surface area contributed by atoms with Crippen molar-refractivity contribution in [3.05, 3.63) is 29.0 Å². The van der Waals surface area contributed by atoms with Crippen LogP contribution < -0.4 is 0 Å². The lowest BCUT2D eigenvalue weighted by Gasteiger charge is -2.33. The lowest BCUT2D eigenvalue weighted by atomic mass is 10.0. The summed E-state index contributed by atoms with van der Waals surface area (Å²) in [4.78, 5) is -0.201. The topological polar surface area (TPSA) is 37.4 Å². The molecule has 0 amide bonds. The maximum Gasteiger partial charge on any atom is 0.244 e. The van der Waals surface area contributed by atoms with Crippen LogP contribution in [0.1, 0.15) is 13.3 Å². The molecule has 1 heterocycles. The Morgan fingerprint density at radius 2 is 2.11 bits per heavy atom. The van der Waals surface area contributed by atoms with Gasteiger partial charge in [0.05, 0.1) is 5.02 Å². The van der Waals surface area contributed by atoms with E-state index >= 15 is 0 Å². The summed E-state index contributed by atoms with van der Waals surface area (Å²) in [7, 11) is -3.79. The van der Waals surface area contributed by atoms with Gasteiger partial charge in [-0.15, -0.1) is 11.6 Å². The summed E-state index contributed by atoms with van der Waals surface area (Å²) in [6.07, 6.45) is 0.681.